The first-order chi connectivity index (χ1) is 18.8. The molecule has 0 radical (unpaired) electrons. The predicted octanol–water partition coefficient (Wildman–Crippen LogP) is 3.63. The number of nitro groups is 1. The van der Waals surface area contributed by atoms with E-state index < -0.39 is 32.8 Å². The number of amides is 2. The summed E-state index contributed by atoms with van der Waals surface area (Å²) in [7, 11) is 0. The lowest BCUT2D eigenvalue weighted by atomic mass is 10.0. The van der Waals surface area contributed by atoms with Crippen LogP contribution < -0.4 is 11.1 Å². The van der Waals surface area contributed by atoms with E-state index in [1.807, 2.05) is 47.8 Å². The number of carbonyl (C=O) groups is 3. The van der Waals surface area contributed by atoms with E-state index >= 15 is 0 Å². The van der Waals surface area contributed by atoms with Gasteiger partial charge in [0, 0.05) is 21.9 Å². The Morgan fingerprint density at radius 3 is 2.51 bits per heavy atom. The van der Waals surface area contributed by atoms with Gasteiger partial charge in [-0.25, -0.2) is 4.79 Å². The standard InChI is InChI=1S/C26H22N4O6S3/c27-20-22(25(33)36-14-15-8-10-16(11-9-15)30(34)35)29-23(32)21(28-19(31)13-18-7-4-12-37-18)24(29)39-26(20)38-17-5-2-1-3-6-17/h1-12,21,24,26H,13-14,27H2,(H,28,31)/t21-,24-,26?/m1/s1. The number of nitro benzene ring substituents is 1. The smallest absolute Gasteiger partial charge is 0.357 e. The lowest BCUT2D eigenvalue weighted by Gasteiger charge is -2.50. The van der Waals surface area contributed by atoms with Crippen molar-refractivity contribution in [2.45, 2.75) is 33.9 Å². The van der Waals surface area contributed by atoms with Crippen molar-refractivity contribution in [3.05, 3.63) is 104 Å². The third kappa shape index (κ3) is 5.79. The average Bonchev–Trinajstić information content (AvgIpc) is 3.45. The van der Waals surface area contributed by atoms with E-state index in [2.05, 4.69) is 5.32 Å². The fourth-order valence-electron chi connectivity index (χ4n) is 4.08. The molecule has 1 saturated heterocycles. The number of hydrogen-bond donors (Lipinski definition) is 2. The second-order valence-electron chi connectivity index (χ2n) is 8.60. The Morgan fingerprint density at radius 2 is 1.85 bits per heavy atom. The molecule has 2 amide bonds. The summed E-state index contributed by atoms with van der Waals surface area (Å²) in [6, 6.07) is 18.0. The predicted molar refractivity (Wildman–Crippen MR) is 148 cm³/mol. The van der Waals surface area contributed by atoms with Gasteiger partial charge >= 0.3 is 5.97 Å². The van der Waals surface area contributed by atoms with Crippen LogP contribution in [0.1, 0.15) is 10.4 Å². The van der Waals surface area contributed by atoms with Crippen LogP contribution in [0.4, 0.5) is 5.69 Å². The molecule has 3 aromatic rings. The number of hydrogen-bond acceptors (Lipinski definition) is 10. The van der Waals surface area contributed by atoms with Crippen molar-refractivity contribution in [1.29, 1.82) is 0 Å². The quantitative estimate of drug-likeness (QED) is 0.167. The van der Waals surface area contributed by atoms with Crippen LogP contribution in [-0.2, 0) is 32.1 Å². The lowest BCUT2D eigenvalue weighted by Crippen LogP contribution is -2.71. The van der Waals surface area contributed by atoms with E-state index in [0.717, 1.165) is 9.77 Å². The fourth-order valence-corrected chi connectivity index (χ4v) is 7.67. The Hall–Kier alpha value is -3.81. The Labute approximate surface area is 235 Å². The van der Waals surface area contributed by atoms with Crippen molar-refractivity contribution in [3.63, 3.8) is 0 Å². The van der Waals surface area contributed by atoms with E-state index in [-0.39, 0.29) is 36.0 Å². The van der Waals surface area contributed by atoms with Crippen molar-refractivity contribution < 1.29 is 24.0 Å². The molecule has 1 aromatic heterocycles. The monoisotopic (exact) mass is 582 g/mol. The largest absolute Gasteiger partial charge is 0.456 e. The van der Waals surface area contributed by atoms with Crippen LogP contribution in [0, 0.1) is 10.1 Å². The molecule has 13 heteroatoms. The third-order valence-corrected chi connectivity index (χ3v) is 9.78. The molecule has 3 heterocycles. The molecule has 200 valence electrons. The first-order valence-corrected chi connectivity index (χ1v) is 14.4. The minimum Gasteiger partial charge on any atom is -0.456 e. The zero-order valence-electron chi connectivity index (χ0n) is 20.2. The Morgan fingerprint density at radius 1 is 1.10 bits per heavy atom. The van der Waals surface area contributed by atoms with Crippen LogP contribution in [0.15, 0.2) is 88.4 Å². The number of nitrogens with two attached hydrogens (primary N) is 1. The van der Waals surface area contributed by atoms with Gasteiger partial charge in [-0.1, -0.05) is 24.3 Å². The van der Waals surface area contributed by atoms with Gasteiger partial charge in [0.2, 0.25) is 5.91 Å². The summed E-state index contributed by atoms with van der Waals surface area (Å²) < 4.78 is 5.06. The highest BCUT2D eigenvalue weighted by molar-refractivity contribution is 8.17. The maximum Gasteiger partial charge on any atom is 0.357 e. The molecule has 0 spiro atoms. The van der Waals surface area contributed by atoms with Crippen LogP contribution in [0.2, 0.25) is 0 Å². The zero-order chi connectivity index (χ0) is 27.5. The SMILES string of the molecule is NC1=C(C(=O)OCc2ccc([N+](=O)[O-])cc2)N2C(=O)[C@@H](NC(=O)Cc3cccs3)[C@H]2SC1Sc1ccccc1. The second kappa shape index (κ2) is 11.5. The number of nitrogens with one attached hydrogen (secondary N) is 1. The van der Waals surface area contributed by atoms with Crippen LogP contribution in [0.5, 0.6) is 0 Å². The maximum absolute atomic E-state index is 13.3. The fraction of sp³-hybridized carbons (Fsp3) is 0.192. The summed E-state index contributed by atoms with van der Waals surface area (Å²) in [6.07, 6.45) is 0.156. The molecule has 0 bridgehead atoms. The molecule has 0 aliphatic carbocycles. The number of ether oxygens (including phenoxy) is 1. The van der Waals surface area contributed by atoms with Crippen LogP contribution in [-0.4, -0.2) is 43.6 Å². The first kappa shape index (κ1) is 26.8. The number of fused-ring (bicyclic) bond motifs is 1. The minimum absolute atomic E-state index is 0.0529. The van der Waals surface area contributed by atoms with Crippen LogP contribution >= 0.6 is 34.9 Å². The minimum atomic E-state index is -0.813. The highest BCUT2D eigenvalue weighted by Crippen LogP contribution is 2.48. The number of rotatable bonds is 9. The molecule has 2 aliphatic heterocycles. The van der Waals surface area contributed by atoms with Crippen molar-refractivity contribution in [1.82, 2.24) is 10.2 Å². The lowest BCUT2D eigenvalue weighted by molar-refractivity contribution is -0.384. The number of esters is 1. The van der Waals surface area contributed by atoms with Crippen LogP contribution in [0.3, 0.4) is 0 Å². The zero-order valence-corrected chi connectivity index (χ0v) is 22.7. The molecule has 1 unspecified atom stereocenters. The Balaban J connectivity index is 1.35. The highest BCUT2D eigenvalue weighted by atomic mass is 32.2. The number of benzene rings is 2. The van der Waals surface area contributed by atoms with E-state index in [1.165, 1.54) is 64.0 Å². The number of non-ortho nitro benzene ring substituents is 1. The number of thiophene rings is 1. The summed E-state index contributed by atoms with van der Waals surface area (Å²) in [5.74, 6) is -1.51. The summed E-state index contributed by atoms with van der Waals surface area (Å²) in [5, 5.41) is 15.0. The molecular formula is C26H22N4O6S3. The molecule has 2 aliphatic rings. The van der Waals surface area contributed by atoms with Gasteiger partial charge in [0.1, 0.15) is 18.0 Å². The molecule has 2 aromatic carbocycles. The number of thioether (sulfide) groups is 2. The number of β-lactam (4-membered cyclic amide) rings is 1. The van der Waals surface area contributed by atoms with Gasteiger partial charge in [-0.3, -0.25) is 24.6 Å². The topological polar surface area (TPSA) is 145 Å². The van der Waals surface area contributed by atoms with E-state index in [9.17, 15) is 24.5 Å². The second-order valence-corrected chi connectivity index (χ2v) is 12.3. The third-order valence-electron chi connectivity index (χ3n) is 6.00. The Kier molecular flexibility index (Phi) is 7.91. The summed E-state index contributed by atoms with van der Waals surface area (Å²) in [5.41, 5.74) is 7.06. The number of carbonyl (C=O) groups excluding carboxylic acids is 3. The average molecular weight is 583 g/mol. The van der Waals surface area contributed by atoms with Gasteiger partial charge in [-0.05, 0) is 41.3 Å². The first-order valence-electron chi connectivity index (χ1n) is 11.7. The maximum atomic E-state index is 13.3. The van der Waals surface area contributed by atoms with Crippen LogP contribution in [0.25, 0.3) is 0 Å². The molecule has 3 atom stereocenters. The van der Waals surface area contributed by atoms with Crippen molar-refractivity contribution in [3.8, 4) is 0 Å². The highest BCUT2D eigenvalue weighted by Gasteiger charge is 2.56. The Bertz CT molecular complexity index is 1430. The normalized spacial score (nSPS) is 20.2. The molecule has 3 N–H and O–H groups in total. The van der Waals surface area contributed by atoms with Crippen molar-refractivity contribution in [2.24, 2.45) is 5.73 Å². The molecule has 10 nitrogen and oxygen atoms in total. The van der Waals surface area contributed by atoms with Gasteiger partial charge in [-0.15, -0.1) is 34.9 Å². The molecular weight excluding hydrogens is 561 g/mol. The molecule has 39 heavy (non-hydrogen) atoms. The van der Waals surface area contributed by atoms with Crippen molar-refractivity contribution >= 4 is 58.3 Å². The molecule has 5 rings (SSSR count). The summed E-state index contributed by atoms with van der Waals surface area (Å²) in [4.78, 5) is 52.5. The molecule has 1 fully saturated rings. The van der Waals surface area contributed by atoms with Gasteiger partial charge in [0.15, 0.2) is 5.70 Å². The summed E-state index contributed by atoms with van der Waals surface area (Å²) >= 11 is 4.28. The molecule has 0 saturated carbocycles. The van der Waals surface area contributed by atoms with Crippen molar-refractivity contribution in [2.75, 3.05) is 0 Å². The van der Waals surface area contributed by atoms with E-state index in [4.69, 9.17) is 10.5 Å². The number of nitrogens with zero attached hydrogens (tertiary/aromatic N) is 2. The van der Waals surface area contributed by atoms with Gasteiger partial charge < -0.3 is 15.8 Å². The van der Waals surface area contributed by atoms with E-state index in [0.29, 0.717) is 5.56 Å². The van der Waals surface area contributed by atoms with Gasteiger partial charge in [0.05, 0.1) is 21.6 Å². The summed E-state index contributed by atoms with van der Waals surface area (Å²) in [6.45, 7) is -0.162. The van der Waals surface area contributed by atoms with E-state index in [1.54, 1.807) is 0 Å². The van der Waals surface area contributed by atoms with Gasteiger partial charge in [-0.2, -0.15) is 0 Å². The van der Waals surface area contributed by atoms with Gasteiger partial charge in [0.25, 0.3) is 11.6 Å².